The van der Waals surface area contributed by atoms with Gasteiger partial charge in [-0.3, -0.25) is 14.4 Å². The number of halogens is 2. The molecular weight excluding hydrogens is 489 g/mol. The highest BCUT2D eigenvalue weighted by atomic mass is 35.5. The second-order valence-corrected chi connectivity index (χ2v) is 8.83. The predicted molar refractivity (Wildman–Crippen MR) is 137 cm³/mol. The number of Topliss-reactive ketones (excluding diaryl/α,β-unsaturated/α-hetero) is 1. The van der Waals surface area contributed by atoms with Crippen LogP contribution >= 0.6 is 23.2 Å². The average molecular weight is 514 g/mol. The fourth-order valence-corrected chi connectivity index (χ4v) is 3.66. The van der Waals surface area contributed by atoms with E-state index in [9.17, 15) is 14.4 Å². The Morgan fingerprint density at radius 1 is 0.829 bits per heavy atom. The van der Waals surface area contributed by atoms with Crippen molar-refractivity contribution in [1.29, 1.82) is 0 Å². The molecule has 3 aromatic carbocycles. The molecule has 1 amide bonds. The SMILES string of the molecule is Cc1ccc(Oc2ccc(NC(=O)CCCC(=O)OCC(=O)c3ccc(Cl)cc3Cl)cc2)cc1C. The van der Waals surface area contributed by atoms with Gasteiger partial charge in [-0.25, -0.2) is 0 Å². The lowest BCUT2D eigenvalue weighted by molar-refractivity contribution is -0.142. The standard InChI is InChI=1S/C27H25Cl2NO5/c1-17-6-10-22(14-18(17)2)35-21-11-8-20(9-12-21)30-26(32)4-3-5-27(33)34-16-25(31)23-13-7-19(28)15-24(23)29/h6-15H,3-5,16H2,1-2H3,(H,30,32). The molecule has 0 bridgehead atoms. The minimum Gasteiger partial charge on any atom is -0.457 e. The van der Waals surface area contributed by atoms with Crippen LogP contribution in [-0.4, -0.2) is 24.3 Å². The fourth-order valence-electron chi connectivity index (χ4n) is 3.15. The number of carbonyl (C=O) groups excluding carboxylic acids is 3. The highest BCUT2D eigenvalue weighted by Crippen LogP contribution is 2.25. The first-order valence-corrected chi connectivity index (χ1v) is 11.8. The van der Waals surface area contributed by atoms with Gasteiger partial charge in [0.05, 0.1) is 5.02 Å². The van der Waals surface area contributed by atoms with Crippen LogP contribution in [0.25, 0.3) is 0 Å². The molecule has 0 saturated heterocycles. The molecule has 3 rings (SSSR count). The molecule has 35 heavy (non-hydrogen) atoms. The summed E-state index contributed by atoms with van der Waals surface area (Å²) in [4.78, 5) is 36.2. The normalized spacial score (nSPS) is 10.5. The van der Waals surface area contributed by atoms with E-state index in [0.29, 0.717) is 16.5 Å². The molecule has 0 aliphatic carbocycles. The molecule has 0 atom stereocenters. The first kappa shape index (κ1) is 26.3. The van der Waals surface area contributed by atoms with Gasteiger partial charge in [-0.2, -0.15) is 0 Å². The van der Waals surface area contributed by atoms with E-state index in [0.717, 1.165) is 11.3 Å². The zero-order chi connectivity index (χ0) is 25.4. The van der Waals surface area contributed by atoms with Gasteiger partial charge >= 0.3 is 5.97 Å². The van der Waals surface area contributed by atoms with Crippen molar-refractivity contribution in [1.82, 2.24) is 0 Å². The number of carbonyl (C=O) groups is 3. The topological polar surface area (TPSA) is 81.7 Å². The Labute approximate surface area is 214 Å². The molecule has 6 nitrogen and oxygen atoms in total. The maximum Gasteiger partial charge on any atom is 0.306 e. The maximum atomic E-state index is 12.2. The number of ether oxygens (including phenoxy) is 2. The molecule has 0 fully saturated rings. The number of hydrogen-bond acceptors (Lipinski definition) is 5. The summed E-state index contributed by atoms with van der Waals surface area (Å²) in [6.45, 7) is 3.64. The summed E-state index contributed by atoms with van der Waals surface area (Å²) in [6.07, 6.45) is 0.430. The number of esters is 1. The van der Waals surface area contributed by atoms with Gasteiger partial charge < -0.3 is 14.8 Å². The van der Waals surface area contributed by atoms with Gasteiger partial charge in [-0.15, -0.1) is 0 Å². The van der Waals surface area contributed by atoms with Gasteiger partial charge in [0.2, 0.25) is 11.7 Å². The van der Waals surface area contributed by atoms with E-state index in [2.05, 4.69) is 5.32 Å². The van der Waals surface area contributed by atoms with E-state index >= 15 is 0 Å². The Morgan fingerprint density at radius 2 is 1.54 bits per heavy atom. The molecule has 1 N–H and O–H groups in total. The maximum absolute atomic E-state index is 12.2. The van der Waals surface area contributed by atoms with Crippen LogP contribution in [0.5, 0.6) is 11.5 Å². The first-order chi connectivity index (χ1) is 16.7. The Kier molecular flexibility index (Phi) is 9.29. The van der Waals surface area contributed by atoms with E-state index in [1.807, 2.05) is 32.0 Å². The highest BCUT2D eigenvalue weighted by Gasteiger charge is 2.14. The molecule has 3 aromatic rings. The number of amides is 1. The van der Waals surface area contributed by atoms with E-state index in [4.69, 9.17) is 32.7 Å². The quantitative estimate of drug-likeness (QED) is 0.234. The van der Waals surface area contributed by atoms with Crippen LogP contribution in [0.2, 0.25) is 10.0 Å². The van der Waals surface area contributed by atoms with Crippen LogP contribution in [0.15, 0.2) is 60.7 Å². The van der Waals surface area contributed by atoms with Gasteiger partial charge in [0.15, 0.2) is 6.61 Å². The van der Waals surface area contributed by atoms with Crippen LogP contribution in [0.1, 0.15) is 40.7 Å². The second-order valence-electron chi connectivity index (χ2n) is 7.98. The van der Waals surface area contributed by atoms with Gasteiger partial charge in [0, 0.05) is 29.1 Å². The number of anilines is 1. The summed E-state index contributed by atoms with van der Waals surface area (Å²) in [5, 5.41) is 3.38. The lowest BCUT2D eigenvalue weighted by atomic mass is 10.1. The van der Waals surface area contributed by atoms with Crippen molar-refractivity contribution in [3.05, 3.63) is 87.4 Å². The van der Waals surface area contributed by atoms with Gasteiger partial charge in [-0.1, -0.05) is 29.3 Å². The zero-order valence-corrected chi connectivity index (χ0v) is 20.9. The lowest BCUT2D eigenvalue weighted by Crippen LogP contribution is -2.15. The first-order valence-electron chi connectivity index (χ1n) is 11.0. The molecule has 0 radical (unpaired) electrons. The third-order valence-electron chi connectivity index (χ3n) is 5.23. The smallest absolute Gasteiger partial charge is 0.306 e. The van der Waals surface area contributed by atoms with Crippen molar-refractivity contribution in [2.75, 3.05) is 11.9 Å². The largest absolute Gasteiger partial charge is 0.457 e. The van der Waals surface area contributed by atoms with Crippen LogP contribution in [0.3, 0.4) is 0 Å². The van der Waals surface area contributed by atoms with Crippen LogP contribution in [-0.2, 0) is 14.3 Å². The summed E-state index contributed by atoms with van der Waals surface area (Å²) >= 11 is 11.8. The number of nitrogens with one attached hydrogen (secondary N) is 1. The van der Waals surface area contributed by atoms with Crippen LogP contribution in [0.4, 0.5) is 5.69 Å². The number of aryl methyl sites for hydroxylation is 2. The van der Waals surface area contributed by atoms with E-state index in [1.54, 1.807) is 24.3 Å². The summed E-state index contributed by atoms with van der Waals surface area (Å²) in [6, 6.07) is 17.4. The van der Waals surface area contributed by atoms with Crippen molar-refractivity contribution in [2.45, 2.75) is 33.1 Å². The number of benzene rings is 3. The van der Waals surface area contributed by atoms with Gasteiger partial charge in [-0.05, 0) is 86.0 Å². The van der Waals surface area contributed by atoms with Crippen LogP contribution < -0.4 is 10.1 Å². The second kappa shape index (κ2) is 12.4. The Balaban J connectivity index is 1.37. The molecule has 0 saturated carbocycles. The van der Waals surface area contributed by atoms with Crippen LogP contribution in [0, 0.1) is 13.8 Å². The third kappa shape index (κ3) is 8.12. The van der Waals surface area contributed by atoms with E-state index in [1.165, 1.54) is 23.8 Å². The summed E-state index contributed by atoms with van der Waals surface area (Å²) in [5.74, 6) is 0.176. The van der Waals surface area contributed by atoms with E-state index in [-0.39, 0.29) is 35.8 Å². The summed E-state index contributed by atoms with van der Waals surface area (Å²) < 4.78 is 10.8. The molecule has 0 spiro atoms. The van der Waals surface area contributed by atoms with Crippen molar-refractivity contribution < 1.29 is 23.9 Å². The highest BCUT2D eigenvalue weighted by molar-refractivity contribution is 6.36. The third-order valence-corrected chi connectivity index (χ3v) is 5.78. The lowest BCUT2D eigenvalue weighted by Gasteiger charge is -2.09. The molecule has 0 heterocycles. The predicted octanol–water partition coefficient (Wildman–Crippen LogP) is 6.94. The van der Waals surface area contributed by atoms with Gasteiger partial charge in [0.1, 0.15) is 11.5 Å². The number of hydrogen-bond donors (Lipinski definition) is 1. The Bertz CT molecular complexity index is 1220. The van der Waals surface area contributed by atoms with Crippen molar-refractivity contribution in [3.8, 4) is 11.5 Å². The van der Waals surface area contributed by atoms with E-state index < -0.39 is 18.4 Å². The summed E-state index contributed by atoms with van der Waals surface area (Å²) in [7, 11) is 0. The fraction of sp³-hybridized carbons (Fsp3) is 0.222. The zero-order valence-electron chi connectivity index (χ0n) is 19.4. The molecule has 0 aromatic heterocycles. The minimum absolute atomic E-state index is 0.0117. The number of rotatable bonds is 10. The monoisotopic (exact) mass is 513 g/mol. The molecular formula is C27H25Cl2NO5. The summed E-state index contributed by atoms with van der Waals surface area (Å²) in [5.41, 5.74) is 3.19. The molecule has 8 heteroatoms. The van der Waals surface area contributed by atoms with Gasteiger partial charge in [0.25, 0.3) is 0 Å². The van der Waals surface area contributed by atoms with Crippen molar-refractivity contribution >= 4 is 46.5 Å². The Hall–Kier alpha value is -3.35. The molecule has 0 aliphatic heterocycles. The molecule has 182 valence electrons. The number of ketones is 1. The Morgan fingerprint density at radius 3 is 2.23 bits per heavy atom. The molecule has 0 unspecified atom stereocenters. The average Bonchev–Trinajstić information content (AvgIpc) is 2.81. The van der Waals surface area contributed by atoms with Crippen molar-refractivity contribution in [3.63, 3.8) is 0 Å². The van der Waals surface area contributed by atoms with Crippen molar-refractivity contribution in [2.24, 2.45) is 0 Å². The molecule has 0 aliphatic rings. The minimum atomic E-state index is -0.566.